The summed E-state index contributed by atoms with van der Waals surface area (Å²) >= 11 is 7.36. The molecule has 2 amide bonds. The summed E-state index contributed by atoms with van der Waals surface area (Å²) < 4.78 is 15.8. The third-order valence-electron chi connectivity index (χ3n) is 5.50. The summed E-state index contributed by atoms with van der Waals surface area (Å²) in [5, 5.41) is 15.9. The van der Waals surface area contributed by atoms with Gasteiger partial charge in [-0.2, -0.15) is 5.26 Å². The van der Waals surface area contributed by atoms with Gasteiger partial charge in [0.05, 0.1) is 47.3 Å². The van der Waals surface area contributed by atoms with Crippen molar-refractivity contribution in [3.05, 3.63) is 39.4 Å². The predicted octanol–water partition coefficient (Wildman–Crippen LogP) is 2.50. The molecule has 2 N–H and O–H groups in total. The Kier molecular flexibility index (Phi) is 9.21. The maximum absolute atomic E-state index is 12.9. The fraction of sp³-hybridized carbons (Fsp3) is 0.478. The number of ether oxygens (including phenoxy) is 3. The summed E-state index contributed by atoms with van der Waals surface area (Å²) in [6.07, 6.45) is 1.87. The van der Waals surface area contributed by atoms with E-state index in [2.05, 4.69) is 16.7 Å². The van der Waals surface area contributed by atoms with Crippen molar-refractivity contribution in [2.75, 3.05) is 32.6 Å². The lowest BCUT2D eigenvalue weighted by Gasteiger charge is -2.31. The predicted molar refractivity (Wildman–Crippen MR) is 126 cm³/mol. The van der Waals surface area contributed by atoms with E-state index >= 15 is 0 Å². The van der Waals surface area contributed by atoms with Crippen LogP contribution in [0.15, 0.2) is 28.8 Å². The highest BCUT2D eigenvalue weighted by Crippen LogP contribution is 2.42. The van der Waals surface area contributed by atoms with Crippen LogP contribution >= 0.6 is 23.4 Å². The van der Waals surface area contributed by atoms with Crippen LogP contribution in [0.1, 0.15) is 31.2 Å². The number of benzene rings is 1. The lowest BCUT2D eigenvalue weighted by atomic mass is 9.78. The zero-order valence-electron chi connectivity index (χ0n) is 18.9. The van der Waals surface area contributed by atoms with Crippen LogP contribution < -0.4 is 15.4 Å². The quantitative estimate of drug-likeness (QED) is 0.385. The van der Waals surface area contributed by atoms with Gasteiger partial charge in [-0.25, -0.2) is 0 Å². The smallest absolute Gasteiger partial charge is 0.319 e. The van der Waals surface area contributed by atoms with Crippen molar-refractivity contribution in [2.24, 2.45) is 5.92 Å². The van der Waals surface area contributed by atoms with E-state index in [-0.39, 0.29) is 33.4 Å². The maximum Gasteiger partial charge on any atom is 0.319 e. The summed E-state index contributed by atoms with van der Waals surface area (Å²) in [6, 6.07) is 6.96. The maximum atomic E-state index is 12.9. The molecule has 0 aliphatic carbocycles. The topological polar surface area (TPSA) is 127 Å². The molecule has 1 fully saturated rings. The minimum Gasteiger partial charge on any atom is -0.492 e. The SMILES string of the molecule is CCOc1ccc([C@@H]2C(C#N)=C(SCC(=O)NC[C@H]3CCCO3)NC(=O)[C@@H]2C(=O)OC)cc1Cl. The van der Waals surface area contributed by atoms with E-state index in [1.165, 1.54) is 7.11 Å². The van der Waals surface area contributed by atoms with Crippen molar-refractivity contribution in [1.82, 2.24) is 10.6 Å². The van der Waals surface area contributed by atoms with Crippen LogP contribution in [0.5, 0.6) is 5.75 Å². The van der Waals surface area contributed by atoms with Crippen molar-refractivity contribution >= 4 is 41.1 Å². The number of halogens is 1. The average molecular weight is 508 g/mol. The van der Waals surface area contributed by atoms with E-state index in [4.69, 9.17) is 25.8 Å². The van der Waals surface area contributed by atoms with E-state index in [9.17, 15) is 19.6 Å². The summed E-state index contributed by atoms with van der Waals surface area (Å²) in [7, 11) is 1.18. The highest BCUT2D eigenvalue weighted by molar-refractivity contribution is 8.03. The van der Waals surface area contributed by atoms with Crippen LogP contribution in [-0.4, -0.2) is 56.5 Å². The van der Waals surface area contributed by atoms with Crippen molar-refractivity contribution in [2.45, 2.75) is 31.8 Å². The van der Waals surface area contributed by atoms with Crippen molar-refractivity contribution in [1.29, 1.82) is 5.26 Å². The molecule has 0 bridgehead atoms. The molecular weight excluding hydrogens is 482 g/mol. The first-order valence-corrected chi connectivity index (χ1v) is 12.2. The molecule has 2 aliphatic rings. The molecule has 0 aromatic heterocycles. The number of nitrogens with one attached hydrogen (secondary N) is 2. The summed E-state index contributed by atoms with van der Waals surface area (Å²) in [5.74, 6) is -3.45. The zero-order chi connectivity index (χ0) is 24.7. The number of rotatable bonds is 9. The number of thioether (sulfide) groups is 1. The number of nitrogens with zero attached hydrogens (tertiary/aromatic N) is 1. The van der Waals surface area contributed by atoms with Gasteiger partial charge in [0.15, 0.2) is 0 Å². The molecule has 9 nitrogen and oxygen atoms in total. The van der Waals surface area contributed by atoms with Gasteiger partial charge in [0.25, 0.3) is 0 Å². The largest absolute Gasteiger partial charge is 0.492 e. The van der Waals surface area contributed by atoms with E-state index in [1.54, 1.807) is 18.2 Å². The Morgan fingerprint density at radius 2 is 2.21 bits per heavy atom. The molecule has 0 saturated carbocycles. The van der Waals surface area contributed by atoms with Crippen LogP contribution in [0.25, 0.3) is 0 Å². The van der Waals surface area contributed by atoms with Gasteiger partial charge < -0.3 is 24.8 Å². The van der Waals surface area contributed by atoms with E-state index in [0.717, 1.165) is 24.6 Å². The minimum atomic E-state index is -1.29. The van der Waals surface area contributed by atoms with E-state index in [0.29, 0.717) is 31.1 Å². The molecule has 1 saturated heterocycles. The van der Waals surface area contributed by atoms with Gasteiger partial charge >= 0.3 is 5.97 Å². The van der Waals surface area contributed by atoms with Gasteiger partial charge in [0.2, 0.25) is 11.8 Å². The number of methoxy groups -OCH3 is 1. The standard InChI is InChI=1S/C23H26ClN3O6S/c1-3-32-17-7-6-13(9-16(17)24)19-15(10-25)22(27-21(29)20(19)23(30)31-2)34-12-18(28)26-11-14-5-4-8-33-14/h6-7,9,14,19-20H,3-5,8,11-12H2,1-2H3,(H,26,28)(H,27,29)/t14-,19-,20-/m1/s1. The highest BCUT2D eigenvalue weighted by atomic mass is 35.5. The van der Waals surface area contributed by atoms with Crippen LogP contribution in [-0.2, 0) is 23.9 Å². The van der Waals surface area contributed by atoms with Crippen LogP contribution in [0.4, 0.5) is 0 Å². The first kappa shape index (κ1) is 25.9. The summed E-state index contributed by atoms with van der Waals surface area (Å²) in [6.45, 7) is 3.33. The number of nitriles is 1. The second kappa shape index (κ2) is 12.1. The summed E-state index contributed by atoms with van der Waals surface area (Å²) in [5.41, 5.74) is 0.628. The van der Waals surface area contributed by atoms with E-state index in [1.807, 2.05) is 6.92 Å². The minimum absolute atomic E-state index is 0.00632. The normalized spacial score (nSPS) is 22.1. The lowest BCUT2D eigenvalue weighted by Crippen LogP contribution is -2.44. The Morgan fingerprint density at radius 1 is 1.41 bits per heavy atom. The van der Waals surface area contributed by atoms with Gasteiger partial charge in [-0.1, -0.05) is 29.4 Å². The monoisotopic (exact) mass is 507 g/mol. The van der Waals surface area contributed by atoms with Gasteiger partial charge in [-0.05, 0) is 37.5 Å². The number of carbonyl (C=O) groups is 3. The number of carbonyl (C=O) groups excluding carboxylic acids is 3. The Morgan fingerprint density at radius 3 is 2.82 bits per heavy atom. The number of amides is 2. The molecule has 0 unspecified atom stereocenters. The van der Waals surface area contributed by atoms with Crippen molar-refractivity contribution < 1.29 is 28.6 Å². The second-order valence-electron chi connectivity index (χ2n) is 7.67. The molecule has 3 atom stereocenters. The number of hydrogen-bond donors (Lipinski definition) is 2. The molecule has 0 radical (unpaired) electrons. The zero-order valence-corrected chi connectivity index (χ0v) is 20.5. The van der Waals surface area contributed by atoms with Crippen LogP contribution in [0.2, 0.25) is 5.02 Å². The molecule has 2 heterocycles. The van der Waals surface area contributed by atoms with E-state index < -0.39 is 23.7 Å². The number of hydrogen-bond acceptors (Lipinski definition) is 8. The molecule has 182 valence electrons. The molecule has 11 heteroatoms. The first-order valence-electron chi connectivity index (χ1n) is 10.9. The average Bonchev–Trinajstić information content (AvgIpc) is 3.35. The Balaban J connectivity index is 1.86. The number of esters is 1. The van der Waals surface area contributed by atoms with Crippen LogP contribution in [0, 0.1) is 17.2 Å². The molecule has 34 heavy (non-hydrogen) atoms. The van der Waals surface area contributed by atoms with Crippen LogP contribution in [0.3, 0.4) is 0 Å². The Labute approximate surface area is 207 Å². The Hall–Kier alpha value is -2.74. The fourth-order valence-corrected chi connectivity index (χ4v) is 5.01. The molecule has 0 spiro atoms. The van der Waals surface area contributed by atoms with Gasteiger partial charge in [-0.15, -0.1) is 0 Å². The third kappa shape index (κ3) is 6.03. The third-order valence-corrected chi connectivity index (χ3v) is 6.81. The van der Waals surface area contributed by atoms with Gasteiger partial charge in [0.1, 0.15) is 11.7 Å². The Bertz CT molecular complexity index is 1020. The van der Waals surface area contributed by atoms with Crippen molar-refractivity contribution in [3.63, 3.8) is 0 Å². The molecule has 2 aliphatic heterocycles. The molecule has 3 rings (SSSR count). The molecule has 1 aromatic rings. The highest BCUT2D eigenvalue weighted by Gasteiger charge is 2.44. The fourth-order valence-electron chi connectivity index (χ4n) is 3.88. The second-order valence-corrected chi connectivity index (χ2v) is 9.07. The molecular formula is C23H26ClN3O6S. The first-order chi connectivity index (χ1) is 16.4. The number of allylic oxidation sites excluding steroid dienone is 1. The lowest BCUT2D eigenvalue weighted by molar-refractivity contribution is -0.150. The summed E-state index contributed by atoms with van der Waals surface area (Å²) in [4.78, 5) is 37.7. The van der Waals surface area contributed by atoms with Gasteiger partial charge in [0, 0.05) is 19.1 Å². The van der Waals surface area contributed by atoms with Crippen molar-refractivity contribution in [3.8, 4) is 11.8 Å². The van der Waals surface area contributed by atoms with Gasteiger partial charge in [-0.3, -0.25) is 14.4 Å². The molecule has 1 aromatic carbocycles.